The van der Waals surface area contributed by atoms with Gasteiger partial charge in [-0.3, -0.25) is 4.98 Å². The average molecular weight is 264 g/mol. The molecule has 0 unspecified atom stereocenters. The minimum atomic E-state index is 0.714. The van der Waals surface area contributed by atoms with Crippen LogP contribution >= 0.6 is 0 Å². The van der Waals surface area contributed by atoms with Crippen LogP contribution in [0.4, 0.5) is 5.69 Å². The number of nitrogen functional groups attached to an aromatic ring is 1. The number of nitrogens with two attached hydrogens (primary N) is 1. The maximum atomic E-state index is 5.78. The molecule has 1 aliphatic rings. The van der Waals surface area contributed by atoms with Crippen molar-refractivity contribution >= 4 is 11.3 Å². The van der Waals surface area contributed by atoms with Crippen molar-refractivity contribution in [3.8, 4) is 0 Å². The molecule has 3 aromatic heterocycles. The number of imidazole rings is 1. The molecule has 0 bridgehead atoms. The summed E-state index contributed by atoms with van der Waals surface area (Å²) in [5.74, 6) is 0.765. The second kappa shape index (κ2) is 4.34. The lowest BCUT2D eigenvalue weighted by Crippen LogP contribution is -1.94. The highest BCUT2D eigenvalue weighted by molar-refractivity contribution is 5.44. The van der Waals surface area contributed by atoms with Crippen molar-refractivity contribution in [2.24, 2.45) is 0 Å². The van der Waals surface area contributed by atoms with Gasteiger partial charge in [0.25, 0.3) is 0 Å². The summed E-state index contributed by atoms with van der Waals surface area (Å²) in [4.78, 5) is 8.97. The van der Waals surface area contributed by atoms with Crippen LogP contribution in [-0.2, 0) is 6.42 Å². The minimum Gasteiger partial charge on any atom is -0.399 e. The van der Waals surface area contributed by atoms with E-state index >= 15 is 0 Å². The smallest absolute Gasteiger partial charge is 0.137 e. The monoisotopic (exact) mass is 264 g/mol. The lowest BCUT2D eigenvalue weighted by atomic mass is 10.2. The van der Waals surface area contributed by atoms with E-state index in [1.165, 1.54) is 18.4 Å². The Kier molecular flexibility index (Phi) is 2.49. The third kappa shape index (κ3) is 2.13. The van der Waals surface area contributed by atoms with Crippen LogP contribution in [0.5, 0.6) is 0 Å². The quantitative estimate of drug-likeness (QED) is 0.791. The van der Waals surface area contributed by atoms with Gasteiger partial charge in [-0.1, -0.05) is 6.07 Å². The van der Waals surface area contributed by atoms with Gasteiger partial charge in [0.1, 0.15) is 5.65 Å². The molecule has 4 rings (SSSR count). The van der Waals surface area contributed by atoms with Gasteiger partial charge in [-0.15, -0.1) is 0 Å². The molecule has 0 radical (unpaired) electrons. The third-order valence-corrected chi connectivity index (χ3v) is 3.78. The van der Waals surface area contributed by atoms with E-state index < -0.39 is 0 Å². The molecule has 1 aliphatic carbocycles. The van der Waals surface area contributed by atoms with Crippen LogP contribution in [0.25, 0.3) is 5.65 Å². The van der Waals surface area contributed by atoms with E-state index in [1.807, 2.05) is 6.07 Å². The highest BCUT2D eigenvalue weighted by Crippen LogP contribution is 2.39. The zero-order valence-corrected chi connectivity index (χ0v) is 11.2. The average Bonchev–Trinajstić information content (AvgIpc) is 3.19. The SMILES string of the molecule is Nc1ccnc(Cc2cn3cc(C4CC4)ccc3n2)c1. The van der Waals surface area contributed by atoms with E-state index in [-0.39, 0.29) is 0 Å². The largest absolute Gasteiger partial charge is 0.399 e. The number of hydrogen-bond acceptors (Lipinski definition) is 3. The van der Waals surface area contributed by atoms with Crippen LogP contribution in [0, 0.1) is 0 Å². The molecule has 20 heavy (non-hydrogen) atoms. The number of nitrogens with zero attached hydrogens (tertiary/aromatic N) is 3. The second-order valence-electron chi connectivity index (χ2n) is 5.49. The number of pyridine rings is 2. The number of anilines is 1. The number of aromatic nitrogens is 3. The molecular formula is C16H16N4. The minimum absolute atomic E-state index is 0.714. The predicted octanol–water partition coefficient (Wildman–Crippen LogP) is 2.78. The van der Waals surface area contributed by atoms with Crippen molar-refractivity contribution in [1.29, 1.82) is 0 Å². The topological polar surface area (TPSA) is 56.2 Å². The first-order valence-corrected chi connectivity index (χ1v) is 6.96. The molecule has 1 saturated carbocycles. The number of rotatable bonds is 3. The molecule has 0 saturated heterocycles. The molecule has 0 amide bonds. The molecule has 3 heterocycles. The molecule has 0 aromatic carbocycles. The van der Waals surface area contributed by atoms with Crippen LogP contribution in [0.15, 0.2) is 42.9 Å². The summed E-state index contributed by atoms with van der Waals surface area (Å²) in [5, 5.41) is 0. The molecule has 4 heteroatoms. The van der Waals surface area contributed by atoms with Crippen molar-refractivity contribution < 1.29 is 0 Å². The third-order valence-electron chi connectivity index (χ3n) is 3.78. The highest BCUT2D eigenvalue weighted by Gasteiger charge is 2.23. The Bertz CT molecular complexity index is 771. The molecule has 2 N–H and O–H groups in total. The zero-order valence-electron chi connectivity index (χ0n) is 11.2. The standard InChI is InChI=1S/C16H16N4/c17-13-5-6-18-14(7-13)8-15-10-20-9-12(11-1-2-11)3-4-16(20)19-15/h3-7,9-11H,1-2,8H2,(H2,17,18). The summed E-state index contributed by atoms with van der Waals surface area (Å²) in [5.41, 5.74) is 10.9. The van der Waals surface area contributed by atoms with Crippen LogP contribution < -0.4 is 5.73 Å². The number of hydrogen-bond donors (Lipinski definition) is 1. The Morgan fingerprint density at radius 2 is 2.05 bits per heavy atom. The van der Waals surface area contributed by atoms with Gasteiger partial charge in [0, 0.05) is 36.4 Å². The molecule has 0 spiro atoms. The zero-order chi connectivity index (χ0) is 13.5. The Labute approximate surface area is 117 Å². The molecule has 0 atom stereocenters. The van der Waals surface area contributed by atoms with E-state index in [2.05, 4.69) is 38.9 Å². The summed E-state index contributed by atoms with van der Waals surface area (Å²) < 4.78 is 2.12. The van der Waals surface area contributed by atoms with Gasteiger partial charge < -0.3 is 10.1 Å². The van der Waals surface area contributed by atoms with Crippen molar-refractivity contribution in [1.82, 2.24) is 14.4 Å². The maximum Gasteiger partial charge on any atom is 0.137 e. The van der Waals surface area contributed by atoms with Crippen LogP contribution in [0.1, 0.15) is 35.7 Å². The fraction of sp³-hybridized carbons (Fsp3) is 0.250. The van der Waals surface area contributed by atoms with E-state index in [0.29, 0.717) is 6.42 Å². The second-order valence-corrected chi connectivity index (χ2v) is 5.49. The molecule has 1 fully saturated rings. The summed E-state index contributed by atoms with van der Waals surface area (Å²) in [7, 11) is 0. The fourth-order valence-corrected chi connectivity index (χ4v) is 2.58. The predicted molar refractivity (Wildman–Crippen MR) is 78.6 cm³/mol. The Morgan fingerprint density at radius 3 is 2.85 bits per heavy atom. The lowest BCUT2D eigenvalue weighted by Gasteiger charge is -1.98. The summed E-state index contributed by atoms with van der Waals surface area (Å²) in [6.45, 7) is 0. The van der Waals surface area contributed by atoms with Crippen LogP contribution in [0.2, 0.25) is 0 Å². The lowest BCUT2D eigenvalue weighted by molar-refractivity contribution is 1.03. The summed E-state index contributed by atoms with van der Waals surface area (Å²) in [6.07, 6.45) is 9.39. The first-order chi connectivity index (χ1) is 9.78. The normalized spacial score (nSPS) is 14.8. The Morgan fingerprint density at radius 1 is 1.15 bits per heavy atom. The van der Waals surface area contributed by atoms with E-state index in [1.54, 1.807) is 12.3 Å². The van der Waals surface area contributed by atoms with Crippen molar-refractivity contribution in [2.45, 2.75) is 25.2 Å². The molecular weight excluding hydrogens is 248 g/mol. The van der Waals surface area contributed by atoms with E-state index in [4.69, 9.17) is 5.73 Å². The van der Waals surface area contributed by atoms with Gasteiger partial charge in [-0.25, -0.2) is 4.98 Å². The molecule has 3 aromatic rings. The summed E-state index contributed by atoms with van der Waals surface area (Å²) in [6, 6.07) is 8.00. The van der Waals surface area contributed by atoms with Gasteiger partial charge in [0.2, 0.25) is 0 Å². The Hall–Kier alpha value is -2.36. The fourth-order valence-electron chi connectivity index (χ4n) is 2.58. The van der Waals surface area contributed by atoms with Crippen LogP contribution in [-0.4, -0.2) is 14.4 Å². The van der Waals surface area contributed by atoms with E-state index in [9.17, 15) is 0 Å². The highest BCUT2D eigenvalue weighted by atomic mass is 15.0. The first kappa shape index (κ1) is 11.5. The number of fused-ring (bicyclic) bond motifs is 1. The first-order valence-electron chi connectivity index (χ1n) is 6.96. The van der Waals surface area contributed by atoms with Gasteiger partial charge in [0.15, 0.2) is 0 Å². The van der Waals surface area contributed by atoms with Gasteiger partial charge in [0.05, 0.1) is 5.69 Å². The molecule has 4 nitrogen and oxygen atoms in total. The Balaban J connectivity index is 1.66. The summed E-state index contributed by atoms with van der Waals surface area (Å²) >= 11 is 0. The maximum absolute atomic E-state index is 5.78. The van der Waals surface area contributed by atoms with Crippen molar-refractivity contribution in [2.75, 3.05) is 5.73 Å². The van der Waals surface area contributed by atoms with Crippen molar-refractivity contribution in [3.63, 3.8) is 0 Å². The van der Waals surface area contributed by atoms with E-state index in [0.717, 1.165) is 28.6 Å². The van der Waals surface area contributed by atoms with Gasteiger partial charge in [-0.05, 0) is 42.5 Å². The van der Waals surface area contributed by atoms with Crippen molar-refractivity contribution in [3.05, 3.63) is 59.8 Å². The molecule has 0 aliphatic heterocycles. The van der Waals surface area contributed by atoms with Gasteiger partial charge in [-0.2, -0.15) is 0 Å². The van der Waals surface area contributed by atoms with Gasteiger partial charge >= 0.3 is 0 Å². The van der Waals surface area contributed by atoms with Crippen LogP contribution in [0.3, 0.4) is 0 Å². The molecule has 100 valence electrons.